The van der Waals surface area contributed by atoms with Crippen molar-refractivity contribution >= 4 is 27.6 Å². The molecule has 1 heterocycles. The molecule has 3 rings (SSSR count). The van der Waals surface area contributed by atoms with Crippen molar-refractivity contribution in [2.75, 3.05) is 24.4 Å². The predicted molar refractivity (Wildman–Crippen MR) is 134 cm³/mol. The van der Waals surface area contributed by atoms with Crippen LogP contribution in [0, 0.1) is 17.9 Å². The minimum Gasteiger partial charge on any atom is -0.394 e. The topological polar surface area (TPSA) is 155 Å². The van der Waals surface area contributed by atoms with Gasteiger partial charge >= 0.3 is 18.2 Å². The van der Waals surface area contributed by atoms with Crippen molar-refractivity contribution in [2.45, 2.75) is 30.1 Å². The average molecular weight is 578 g/mol. The van der Waals surface area contributed by atoms with E-state index in [1.807, 2.05) is 0 Å². The number of benzene rings is 2. The summed E-state index contributed by atoms with van der Waals surface area (Å²) in [6.45, 7) is 7.55. The maximum absolute atomic E-state index is 13.9. The van der Waals surface area contributed by atoms with Crippen molar-refractivity contribution in [1.82, 2.24) is 10.2 Å². The zero-order valence-electron chi connectivity index (χ0n) is 21.0. The lowest BCUT2D eigenvalue weighted by Gasteiger charge is -2.41. The Morgan fingerprint density at radius 2 is 1.88 bits per heavy atom. The van der Waals surface area contributed by atoms with Crippen molar-refractivity contribution in [2.24, 2.45) is 0 Å². The number of rotatable bonds is 6. The fourth-order valence-electron chi connectivity index (χ4n) is 4.10. The van der Waals surface area contributed by atoms with Gasteiger partial charge in [-0.2, -0.15) is 18.4 Å². The zero-order chi connectivity index (χ0) is 30.0. The molecule has 0 aromatic heterocycles. The van der Waals surface area contributed by atoms with Crippen LogP contribution in [-0.2, 0) is 16.0 Å². The summed E-state index contributed by atoms with van der Waals surface area (Å²) in [5.41, 5.74) is -2.31. The van der Waals surface area contributed by atoms with E-state index in [1.54, 1.807) is 6.07 Å². The highest BCUT2D eigenvalue weighted by molar-refractivity contribution is 7.90. The van der Waals surface area contributed by atoms with Gasteiger partial charge in [-0.15, -0.1) is 0 Å². The molecule has 0 spiro atoms. The summed E-state index contributed by atoms with van der Waals surface area (Å²) in [7, 11) is -4.12. The quantitative estimate of drug-likeness (QED) is 0.446. The van der Waals surface area contributed by atoms with E-state index >= 15 is 0 Å². The number of aliphatic hydroxyl groups is 2. The first-order valence-corrected chi connectivity index (χ1v) is 13.2. The number of nitriles is 1. The normalized spacial score (nSPS) is 16.1. The second kappa shape index (κ2) is 11.4. The number of urea groups is 2. The lowest BCUT2D eigenvalue weighted by Crippen LogP contribution is -2.57. The minimum atomic E-state index is -4.78. The van der Waals surface area contributed by atoms with Crippen molar-refractivity contribution in [3.63, 3.8) is 0 Å². The number of nitrogens with one attached hydrogen (secondary N) is 1. The molecular weight excluding hydrogens is 555 g/mol. The Morgan fingerprint density at radius 3 is 2.40 bits per heavy atom. The summed E-state index contributed by atoms with van der Waals surface area (Å²) in [4.78, 5) is 31.4. The molecule has 210 valence electrons. The molecule has 0 bridgehead atoms. The highest BCUT2D eigenvalue weighted by atomic mass is 32.2. The van der Waals surface area contributed by atoms with Crippen molar-refractivity contribution in [1.29, 1.82) is 5.26 Å². The Labute approximate surface area is 227 Å². The van der Waals surface area contributed by atoms with Gasteiger partial charge in [0.05, 0.1) is 47.9 Å². The smallest absolute Gasteiger partial charge is 0.394 e. The van der Waals surface area contributed by atoms with Crippen molar-refractivity contribution < 1.29 is 41.4 Å². The number of carbonyl (C=O) groups excluding carboxylic acids is 2. The molecule has 2 aromatic carbocycles. The van der Waals surface area contributed by atoms with E-state index in [1.165, 1.54) is 13.0 Å². The first kappa shape index (κ1) is 30.1. The Kier molecular flexibility index (Phi) is 8.54. The number of hydrogen-bond donors (Lipinski definition) is 3. The first-order chi connectivity index (χ1) is 18.7. The molecule has 15 heteroatoms. The highest BCUT2D eigenvalue weighted by Crippen LogP contribution is 2.43. The number of aliphatic hydroxyl groups excluding tert-OH is 2. The van der Waals surface area contributed by atoms with Crippen LogP contribution in [0.2, 0.25) is 0 Å². The third-order valence-electron chi connectivity index (χ3n) is 6.00. The summed E-state index contributed by atoms with van der Waals surface area (Å²) >= 11 is 0. The monoisotopic (exact) mass is 577 g/mol. The number of nitrogens with zero attached hydrogens (tertiary/aromatic N) is 4. The second-order valence-corrected chi connectivity index (χ2v) is 10.7. The number of amides is 4. The Morgan fingerprint density at radius 1 is 1.23 bits per heavy atom. The maximum Gasteiger partial charge on any atom is 0.416 e. The van der Waals surface area contributed by atoms with Crippen LogP contribution in [-0.4, -0.2) is 61.1 Å². The van der Waals surface area contributed by atoms with E-state index in [9.17, 15) is 46.7 Å². The standard InChI is InChI=1S/C25H22F3N5O6S/c1-14-21(30-2)22(19-8-7-15(11-29)9-20(19)40(3,38)39)33(23(36)31-17(12-34)13-35)24(37)32(14)18-6-4-5-16(10-18)25(26,27)28/h4-10,17,22,34-35H,12-13H2,1,3H3,(H,31,36)/t22-/m1/s1. The number of allylic oxidation sites excluding steroid dienone is 1. The van der Waals surface area contributed by atoms with E-state index < -0.39 is 63.8 Å². The second-order valence-electron chi connectivity index (χ2n) is 8.67. The van der Waals surface area contributed by atoms with Crippen LogP contribution in [0.4, 0.5) is 28.4 Å². The Balaban J connectivity index is 2.37. The van der Waals surface area contributed by atoms with E-state index in [0.717, 1.165) is 36.6 Å². The van der Waals surface area contributed by atoms with E-state index in [0.29, 0.717) is 15.9 Å². The molecule has 0 unspecified atom stereocenters. The van der Waals surface area contributed by atoms with Crippen LogP contribution in [0.3, 0.4) is 0 Å². The summed E-state index contributed by atoms with van der Waals surface area (Å²) in [6.07, 6.45) is -3.96. The van der Waals surface area contributed by atoms with Gasteiger partial charge in [0.15, 0.2) is 9.84 Å². The molecule has 2 aromatic rings. The van der Waals surface area contributed by atoms with Crippen LogP contribution in [0.5, 0.6) is 0 Å². The first-order valence-electron chi connectivity index (χ1n) is 11.3. The number of sulfone groups is 1. The molecule has 0 aliphatic carbocycles. The summed E-state index contributed by atoms with van der Waals surface area (Å²) in [6, 6.07) is 3.24. The van der Waals surface area contributed by atoms with Crippen molar-refractivity contribution in [3.8, 4) is 6.07 Å². The van der Waals surface area contributed by atoms with E-state index in [4.69, 9.17) is 6.57 Å². The van der Waals surface area contributed by atoms with Crippen LogP contribution < -0.4 is 10.2 Å². The number of halogens is 3. The number of anilines is 1. The largest absolute Gasteiger partial charge is 0.416 e. The molecule has 3 N–H and O–H groups in total. The molecular formula is C25H22F3N5O6S. The number of alkyl halides is 3. The molecule has 0 saturated carbocycles. The van der Waals surface area contributed by atoms with Gasteiger partial charge in [-0.3, -0.25) is 4.90 Å². The van der Waals surface area contributed by atoms with E-state index in [2.05, 4.69) is 10.2 Å². The lowest BCUT2D eigenvalue weighted by molar-refractivity contribution is -0.137. The Bertz CT molecular complexity index is 1570. The van der Waals surface area contributed by atoms with Gasteiger partial charge in [0.2, 0.25) is 5.70 Å². The molecule has 11 nitrogen and oxygen atoms in total. The fourth-order valence-corrected chi connectivity index (χ4v) is 5.05. The average Bonchev–Trinajstić information content (AvgIpc) is 2.90. The zero-order valence-corrected chi connectivity index (χ0v) is 21.8. The van der Waals surface area contributed by atoms with E-state index in [-0.39, 0.29) is 28.2 Å². The molecule has 1 aliphatic heterocycles. The van der Waals surface area contributed by atoms with Gasteiger partial charge in [-0.05, 0) is 42.8 Å². The molecule has 0 fully saturated rings. The number of imide groups is 1. The van der Waals surface area contributed by atoms with Crippen molar-refractivity contribution in [3.05, 3.63) is 82.0 Å². The highest BCUT2D eigenvalue weighted by Gasteiger charge is 2.46. The third kappa shape index (κ3) is 5.76. The fraction of sp³-hybridized carbons (Fsp3) is 0.280. The molecule has 0 radical (unpaired) electrons. The molecule has 0 saturated heterocycles. The summed E-state index contributed by atoms with van der Waals surface area (Å²) in [5, 5.41) is 30.4. The van der Waals surface area contributed by atoms with Gasteiger partial charge in [0, 0.05) is 17.6 Å². The Hall–Kier alpha value is -4.44. The SMILES string of the molecule is [C-]#[N+]C1=C(C)N(c2cccc(C(F)(F)F)c2)C(=O)N(C(=O)NC(CO)CO)[C@@H]1c1ccc(C#N)cc1S(C)(=O)=O. The van der Waals surface area contributed by atoms with Gasteiger partial charge in [0.1, 0.15) is 6.04 Å². The molecule has 1 aliphatic rings. The molecule has 1 atom stereocenters. The maximum atomic E-state index is 13.9. The summed E-state index contributed by atoms with van der Waals surface area (Å²) in [5.74, 6) is 0. The minimum absolute atomic E-state index is 0.0707. The van der Waals surface area contributed by atoms with Gasteiger partial charge < -0.3 is 15.5 Å². The lowest BCUT2D eigenvalue weighted by atomic mass is 9.97. The van der Waals surface area contributed by atoms with Crippen LogP contribution in [0.15, 0.2) is 58.8 Å². The molecule has 40 heavy (non-hydrogen) atoms. The van der Waals surface area contributed by atoms with Gasteiger partial charge in [0.25, 0.3) is 0 Å². The van der Waals surface area contributed by atoms with Crippen LogP contribution in [0.25, 0.3) is 4.85 Å². The van der Waals surface area contributed by atoms with Gasteiger partial charge in [-0.1, -0.05) is 12.1 Å². The van der Waals surface area contributed by atoms with Crippen LogP contribution >= 0.6 is 0 Å². The number of hydrogen-bond acceptors (Lipinski definition) is 7. The van der Waals surface area contributed by atoms with Gasteiger partial charge in [-0.25, -0.2) is 27.8 Å². The molecule has 4 amide bonds. The summed E-state index contributed by atoms with van der Waals surface area (Å²) < 4.78 is 65.7. The third-order valence-corrected chi connectivity index (χ3v) is 7.15. The number of carbonyl (C=O) groups is 2. The predicted octanol–water partition coefficient (Wildman–Crippen LogP) is 3.18. The van der Waals surface area contributed by atoms with Crippen LogP contribution in [0.1, 0.15) is 29.7 Å².